The van der Waals surface area contributed by atoms with Gasteiger partial charge in [0.15, 0.2) is 0 Å². The van der Waals surface area contributed by atoms with E-state index in [-0.39, 0.29) is 24.3 Å². The van der Waals surface area contributed by atoms with Crippen LogP contribution in [0.1, 0.15) is 26.2 Å². The van der Waals surface area contributed by atoms with Gasteiger partial charge in [0, 0.05) is 18.6 Å². The van der Waals surface area contributed by atoms with E-state index in [0.29, 0.717) is 18.6 Å². The van der Waals surface area contributed by atoms with Gasteiger partial charge in [-0.2, -0.15) is 0 Å². The van der Waals surface area contributed by atoms with Crippen LogP contribution in [0.15, 0.2) is 0 Å². The minimum atomic E-state index is -0.344. The lowest BCUT2D eigenvalue weighted by Crippen LogP contribution is -2.60. The fourth-order valence-corrected chi connectivity index (χ4v) is 2.34. The standard InChI is InChI=1S/C11H18N2O3/c1-7-6-12-11(15)9(5-10(14)16-2)13(7)8-3-4-8/h7-9H,3-6H2,1-2H3,(H,12,15). The Morgan fingerprint density at radius 2 is 2.25 bits per heavy atom. The number of carbonyl (C=O) groups excluding carboxylic acids is 2. The zero-order chi connectivity index (χ0) is 11.7. The fourth-order valence-electron chi connectivity index (χ4n) is 2.34. The van der Waals surface area contributed by atoms with E-state index in [1.807, 2.05) is 0 Å². The number of hydrogen-bond donors (Lipinski definition) is 1. The Morgan fingerprint density at radius 3 is 2.81 bits per heavy atom. The number of rotatable bonds is 3. The number of piperazine rings is 1. The first-order valence-electron chi connectivity index (χ1n) is 5.75. The maximum atomic E-state index is 11.8. The average Bonchev–Trinajstić information content (AvgIpc) is 3.07. The van der Waals surface area contributed by atoms with Gasteiger partial charge in [-0.3, -0.25) is 14.5 Å². The lowest BCUT2D eigenvalue weighted by molar-refractivity contribution is -0.147. The van der Waals surface area contributed by atoms with Crippen molar-refractivity contribution in [2.45, 2.75) is 44.3 Å². The highest BCUT2D eigenvalue weighted by Crippen LogP contribution is 2.32. The van der Waals surface area contributed by atoms with Gasteiger partial charge in [0.25, 0.3) is 0 Å². The monoisotopic (exact) mass is 226 g/mol. The molecule has 0 radical (unpaired) electrons. The molecule has 0 spiro atoms. The predicted molar refractivity (Wildman–Crippen MR) is 57.8 cm³/mol. The van der Waals surface area contributed by atoms with Crippen molar-refractivity contribution in [2.24, 2.45) is 0 Å². The minimum absolute atomic E-state index is 0.0459. The third kappa shape index (κ3) is 2.19. The maximum Gasteiger partial charge on any atom is 0.307 e. The van der Waals surface area contributed by atoms with Crippen LogP contribution in [-0.2, 0) is 14.3 Å². The highest BCUT2D eigenvalue weighted by atomic mass is 16.5. The number of esters is 1. The summed E-state index contributed by atoms with van der Waals surface area (Å²) in [7, 11) is 1.36. The fraction of sp³-hybridized carbons (Fsp3) is 0.818. The van der Waals surface area contributed by atoms with Crippen LogP contribution in [0, 0.1) is 0 Å². The topological polar surface area (TPSA) is 58.6 Å². The first-order chi connectivity index (χ1) is 7.63. The molecule has 1 saturated heterocycles. The molecule has 0 aromatic heterocycles. The number of amides is 1. The molecule has 2 aliphatic rings. The molecule has 5 heteroatoms. The lowest BCUT2D eigenvalue weighted by atomic mass is 10.0. The molecule has 1 saturated carbocycles. The molecule has 0 aromatic rings. The van der Waals surface area contributed by atoms with Gasteiger partial charge in [-0.1, -0.05) is 0 Å². The molecule has 1 heterocycles. The number of ether oxygens (including phenoxy) is 1. The van der Waals surface area contributed by atoms with Crippen molar-refractivity contribution in [3.8, 4) is 0 Å². The van der Waals surface area contributed by atoms with Crippen LogP contribution < -0.4 is 5.32 Å². The quantitative estimate of drug-likeness (QED) is 0.683. The van der Waals surface area contributed by atoms with Crippen molar-refractivity contribution in [1.82, 2.24) is 10.2 Å². The maximum absolute atomic E-state index is 11.8. The third-order valence-electron chi connectivity index (χ3n) is 3.30. The predicted octanol–water partition coefficient (Wildman–Crippen LogP) is -0.0992. The van der Waals surface area contributed by atoms with Gasteiger partial charge in [-0.05, 0) is 19.8 Å². The molecule has 16 heavy (non-hydrogen) atoms. The van der Waals surface area contributed by atoms with Gasteiger partial charge in [0.2, 0.25) is 5.91 Å². The van der Waals surface area contributed by atoms with E-state index in [1.165, 1.54) is 7.11 Å². The summed E-state index contributed by atoms with van der Waals surface area (Å²) in [4.78, 5) is 25.2. The zero-order valence-corrected chi connectivity index (χ0v) is 9.73. The summed E-state index contributed by atoms with van der Waals surface area (Å²) in [6.07, 6.45) is 2.42. The van der Waals surface area contributed by atoms with Crippen molar-refractivity contribution in [1.29, 1.82) is 0 Å². The largest absolute Gasteiger partial charge is 0.469 e. The molecule has 90 valence electrons. The van der Waals surface area contributed by atoms with Crippen molar-refractivity contribution in [3.05, 3.63) is 0 Å². The summed E-state index contributed by atoms with van der Waals surface area (Å²) >= 11 is 0. The van der Waals surface area contributed by atoms with Gasteiger partial charge in [-0.25, -0.2) is 0 Å². The molecule has 1 aliphatic heterocycles. The van der Waals surface area contributed by atoms with Crippen molar-refractivity contribution in [3.63, 3.8) is 0 Å². The van der Waals surface area contributed by atoms with E-state index in [1.54, 1.807) is 0 Å². The van der Waals surface area contributed by atoms with Crippen LogP contribution in [-0.4, -0.2) is 48.6 Å². The van der Waals surface area contributed by atoms with Gasteiger partial charge < -0.3 is 10.1 Å². The molecular weight excluding hydrogens is 208 g/mol. The Hall–Kier alpha value is -1.10. The Labute approximate surface area is 95.1 Å². The van der Waals surface area contributed by atoms with Gasteiger partial charge in [0.1, 0.15) is 6.04 Å². The molecule has 2 rings (SSSR count). The third-order valence-corrected chi connectivity index (χ3v) is 3.30. The van der Waals surface area contributed by atoms with Crippen LogP contribution in [0.4, 0.5) is 0 Å². The smallest absolute Gasteiger partial charge is 0.307 e. The minimum Gasteiger partial charge on any atom is -0.469 e. The molecule has 0 bridgehead atoms. The number of hydrogen-bond acceptors (Lipinski definition) is 4. The normalized spacial score (nSPS) is 31.0. The van der Waals surface area contributed by atoms with Crippen LogP contribution >= 0.6 is 0 Å². The summed E-state index contributed by atoms with van der Waals surface area (Å²) in [5, 5.41) is 2.84. The second-order valence-corrected chi connectivity index (χ2v) is 4.57. The van der Waals surface area contributed by atoms with Crippen LogP contribution in [0.3, 0.4) is 0 Å². The van der Waals surface area contributed by atoms with E-state index in [2.05, 4.69) is 21.9 Å². The van der Waals surface area contributed by atoms with Crippen LogP contribution in [0.25, 0.3) is 0 Å². The second kappa shape index (κ2) is 4.41. The summed E-state index contributed by atoms with van der Waals surface area (Å²) in [5.74, 6) is -0.365. The molecule has 2 atom stereocenters. The van der Waals surface area contributed by atoms with E-state index in [9.17, 15) is 9.59 Å². The van der Waals surface area contributed by atoms with Gasteiger partial charge >= 0.3 is 5.97 Å². The van der Waals surface area contributed by atoms with E-state index in [0.717, 1.165) is 12.8 Å². The second-order valence-electron chi connectivity index (χ2n) is 4.57. The number of nitrogens with one attached hydrogen (secondary N) is 1. The highest BCUT2D eigenvalue weighted by molar-refractivity contribution is 5.87. The molecule has 1 aliphatic carbocycles. The Kier molecular flexibility index (Phi) is 3.14. The van der Waals surface area contributed by atoms with Crippen LogP contribution in [0.2, 0.25) is 0 Å². The molecular formula is C11H18N2O3. The van der Waals surface area contributed by atoms with Gasteiger partial charge in [-0.15, -0.1) is 0 Å². The van der Waals surface area contributed by atoms with Crippen LogP contribution in [0.5, 0.6) is 0 Å². The summed E-state index contributed by atoms with van der Waals surface area (Å²) in [6.45, 7) is 2.76. The number of nitrogens with zero attached hydrogens (tertiary/aromatic N) is 1. The Morgan fingerprint density at radius 1 is 1.56 bits per heavy atom. The molecule has 5 nitrogen and oxygen atoms in total. The molecule has 2 unspecified atom stereocenters. The van der Waals surface area contributed by atoms with Crippen molar-refractivity contribution >= 4 is 11.9 Å². The summed E-state index contributed by atoms with van der Waals surface area (Å²) in [6, 6.07) is 0.444. The lowest BCUT2D eigenvalue weighted by Gasteiger charge is -2.39. The summed E-state index contributed by atoms with van der Waals surface area (Å²) in [5.41, 5.74) is 0. The van der Waals surface area contributed by atoms with E-state index >= 15 is 0 Å². The Balaban J connectivity index is 2.08. The first-order valence-corrected chi connectivity index (χ1v) is 5.75. The first kappa shape index (κ1) is 11.4. The average molecular weight is 226 g/mol. The molecule has 1 amide bonds. The Bertz CT molecular complexity index is 302. The van der Waals surface area contributed by atoms with Gasteiger partial charge in [0.05, 0.1) is 13.5 Å². The van der Waals surface area contributed by atoms with E-state index in [4.69, 9.17) is 0 Å². The molecule has 2 fully saturated rings. The van der Waals surface area contributed by atoms with E-state index < -0.39 is 0 Å². The number of methoxy groups -OCH3 is 1. The van der Waals surface area contributed by atoms with Crippen molar-refractivity contribution < 1.29 is 14.3 Å². The highest BCUT2D eigenvalue weighted by Gasteiger charge is 2.43. The number of carbonyl (C=O) groups is 2. The molecule has 1 N–H and O–H groups in total. The zero-order valence-electron chi connectivity index (χ0n) is 9.73. The SMILES string of the molecule is COC(=O)CC1C(=O)NCC(C)N1C1CC1. The summed E-state index contributed by atoms with van der Waals surface area (Å²) < 4.78 is 4.64. The molecule has 0 aromatic carbocycles. The van der Waals surface area contributed by atoms with Crippen molar-refractivity contribution in [2.75, 3.05) is 13.7 Å².